The number of thioether (sulfide) groups is 1. The predicted octanol–water partition coefficient (Wildman–Crippen LogP) is 4.65. The van der Waals surface area contributed by atoms with Gasteiger partial charge in [-0.1, -0.05) is 52.2 Å². The molecule has 0 aromatic rings. The molecule has 0 aromatic heterocycles. The van der Waals surface area contributed by atoms with E-state index in [1.165, 1.54) is 6.42 Å². The highest BCUT2D eigenvalue weighted by Gasteiger charge is 2.78. The summed E-state index contributed by atoms with van der Waals surface area (Å²) in [6.07, 6.45) is 11.8. The molecule has 2 unspecified atom stereocenters. The van der Waals surface area contributed by atoms with Gasteiger partial charge in [-0.2, -0.15) is 0 Å². The van der Waals surface area contributed by atoms with Gasteiger partial charge in [0.1, 0.15) is 6.04 Å². The summed E-state index contributed by atoms with van der Waals surface area (Å²) in [7, 11) is 0. The zero-order valence-corrected chi connectivity index (χ0v) is 26.0. The third kappa shape index (κ3) is 5.28. The molecule has 0 aromatic carbocycles. The quantitative estimate of drug-likeness (QED) is 0.325. The second-order valence-corrected chi connectivity index (χ2v) is 15.0. The first-order chi connectivity index (χ1) is 19.1. The lowest BCUT2D eigenvalue weighted by molar-refractivity contribution is -0.148. The molecule has 0 radical (unpaired) electrons. The monoisotopic (exact) mass is 573 g/mol. The summed E-state index contributed by atoms with van der Waals surface area (Å²) >= 11 is 1.72. The van der Waals surface area contributed by atoms with E-state index in [1.54, 1.807) is 28.8 Å². The Hall–Kier alpha value is -1.80. The normalized spacial score (nSPS) is 32.3. The van der Waals surface area contributed by atoms with E-state index >= 15 is 0 Å². The van der Waals surface area contributed by atoms with Crippen molar-refractivity contribution in [1.29, 1.82) is 0 Å². The average Bonchev–Trinajstić information content (AvgIpc) is 3.50. The number of aliphatic hydroxyl groups excluding tert-OH is 1. The van der Waals surface area contributed by atoms with Gasteiger partial charge in [-0.05, 0) is 51.4 Å². The average molecular weight is 574 g/mol. The van der Waals surface area contributed by atoms with E-state index in [9.17, 15) is 19.5 Å². The molecule has 4 fully saturated rings. The van der Waals surface area contributed by atoms with Gasteiger partial charge in [-0.25, -0.2) is 0 Å². The van der Waals surface area contributed by atoms with Crippen LogP contribution in [-0.4, -0.2) is 91.4 Å². The van der Waals surface area contributed by atoms with Crippen LogP contribution in [0.15, 0.2) is 25.3 Å². The van der Waals surface area contributed by atoms with Gasteiger partial charge in [-0.15, -0.1) is 24.9 Å². The smallest absolute Gasteiger partial charge is 0.247 e. The molecule has 6 atom stereocenters. The summed E-state index contributed by atoms with van der Waals surface area (Å²) in [4.78, 5) is 49.3. The summed E-state index contributed by atoms with van der Waals surface area (Å²) in [6.45, 7) is 17.5. The van der Waals surface area contributed by atoms with Gasteiger partial charge >= 0.3 is 0 Å². The maximum atomic E-state index is 14.8. The Bertz CT molecular complexity index is 981. The van der Waals surface area contributed by atoms with Crippen LogP contribution in [0.5, 0.6) is 0 Å². The topological polar surface area (TPSA) is 81.2 Å². The fourth-order valence-corrected chi connectivity index (χ4v) is 10.6. The number of aliphatic hydroxyl groups is 1. The van der Waals surface area contributed by atoms with Crippen molar-refractivity contribution in [2.24, 2.45) is 17.8 Å². The standard InChI is InChI=1S/C32H51N3O4S/c1-7-17-33(18-8-2)28(37)25-26-29(38)35(24(21-36)20-22(4)5)27(32(26)16-15-31(25,6)40-32)30(39)34(19-9-3)23-13-11-10-12-14-23/h7,9,22-27,36H,1,3,8,10-21H2,2,4-6H3/t24-,25-,26+,27?,31+,32?/m1/s1. The van der Waals surface area contributed by atoms with Gasteiger partial charge in [0.2, 0.25) is 17.7 Å². The minimum atomic E-state index is -0.688. The highest BCUT2D eigenvalue weighted by atomic mass is 32.2. The van der Waals surface area contributed by atoms with E-state index in [1.807, 2.05) is 9.80 Å². The number of rotatable bonds is 13. The number of fused-ring (bicyclic) bond motifs is 1. The number of carbonyl (C=O) groups is 3. The fourth-order valence-electron chi connectivity index (χ4n) is 8.25. The molecule has 40 heavy (non-hydrogen) atoms. The third-order valence-electron chi connectivity index (χ3n) is 9.84. The van der Waals surface area contributed by atoms with Crippen molar-refractivity contribution in [3.8, 4) is 0 Å². The molecule has 1 spiro atoms. The van der Waals surface area contributed by atoms with Crippen LogP contribution in [0.4, 0.5) is 0 Å². The number of hydrogen-bond acceptors (Lipinski definition) is 5. The molecule has 1 N–H and O–H groups in total. The molecule has 4 aliphatic rings. The minimum Gasteiger partial charge on any atom is -0.394 e. The Morgan fingerprint density at radius 3 is 2.38 bits per heavy atom. The third-order valence-corrected chi connectivity index (χ3v) is 11.8. The molecule has 4 rings (SSSR count). The Morgan fingerprint density at radius 1 is 1.12 bits per heavy atom. The van der Waals surface area contributed by atoms with Crippen LogP contribution in [-0.2, 0) is 14.4 Å². The van der Waals surface area contributed by atoms with Crippen LogP contribution in [0.1, 0.15) is 85.5 Å². The zero-order chi connectivity index (χ0) is 29.2. The number of amides is 3. The van der Waals surface area contributed by atoms with E-state index in [-0.39, 0.29) is 36.3 Å². The maximum absolute atomic E-state index is 14.8. The molecule has 3 heterocycles. The van der Waals surface area contributed by atoms with Crippen molar-refractivity contribution in [3.63, 3.8) is 0 Å². The van der Waals surface area contributed by atoms with Crippen molar-refractivity contribution >= 4 is 29.5 Å². The molecule has 2 bridgehead atoms. The Morgan fingerprint density at radius 2 is 1.80 bits per heavy atom. The molecule has 1 saturated carbocycles. The zero-order valence-electron chi connectivity index (χ0n) is 25.1. The van der Waals surface area contributed by atoms with Gasteiger partial charge in [-0.3, -0.25) is 14.4 Å². The molecule has 7 nitrogen and oxygen atoms in total. The number of likely N-dealkylation sites (tertiary alicyclic amines) is 1. The molecule has 3 aliphatic heterocycles. The Kier molecular flexibility index (Phi) is 9.81. The molecule has 1 aliphatic carbocycles. The Labute approximate surface area is 245 Å². The van der Waals surface area contributed by atoms with Crippen molar-refractivity contribution in [1.82, 2.24) is 14.7 Å². The highest BCUT2D eigenvalue weighted by molar-refractivity contribution is 8.02. The second-order valence-electron chi connectivity index (χ2n) is 13.1. The summed E-state index contributed by atoms with van der Waals surface area (Å²) in [5.41, 5.74) is 0. The van der Waals surface area contributed by atoms with Gasteiger partial charge in [0, 0.05) is 30.4 Å². The molecule has 3 saturated heterocycles. The highest BCUT2D eigenvalue weighted by Crippen LogP contribution is 2.72. The van der Waals surface area contributed by atoms with E-state index in [4.69, 9.17) is 0 Å². The van der Waals surface area contributed by atoms with Crippen LogP contribution >= 0.6 is 11.8 Å². The number of nitrogens with zero attached hydrogens (tertiary/aromatic N) is 3. The van der Waals surface area contributed by atoms with Crippen LogP contribution in [0.2, 0.25) is 0 Å². The van der Waals surface area contributed by atoms with Crippen LogP contribution < -0.4 is 0 Å². The number of carbonyl (C=O) groups excluding carboxylic acids is 3. The Balaban J connectivity index is 1.81. The van der Waals surface area contributed by atoms with Crippen LogP contribution in [0, 0.1) is 17.8 Å². The van der Waals surface area contributed by atoms with Gasteiger partial charge < -0.3 is 19.8 Å². The van der Waals surface area contributed by atoms with Crippen molar-refractivity contribution in [2.45, 2.75) is 113 Å². The molecule has 224 valence electrons. The predicted molar refractivity (Wildman–Crippen MR) is 162 cm³/mol. The van der Waals surface area contributed by atoms with Gasteiger partial charge in [0.05, 0.1) is 29.2 Å². The van der Waals surface area contributed by atoms with Crippen molar-refractivity contribution < 1.29 is 19.5 Å². The fraction of sp³-hybridized carbons (Fsp3) is 0.781. The van der Waals surface area contributed by atoms with E-state index < -0.39 is 33.4 Å². The maximum Gasteiger partial charge on any atom is 0.247 e. The SMILES string of the molecule is C=CCN(CCC)C(=O)[C@H]1[C@H]2C(=O)N([C@@H](CO)CC(C)C)C(C(=O)N(CC=C)C3CCCCC3)C23CC[C@]1(C)S3. The van der Waals surface area contributed by atoms with Gasteiger partial charge in [0.15, 0.2) is 0 Å². The molecule has 3 amide bonds. The number of hydrogen-bond donors (Lipinski definition) is 1. The summed E-state index contributed by atoms with van der Waals surface area (Å²) < 4.78 is -1.08. The summed E-state index contributed by atoms with van der Waals surface area (Å²) in [6, 6.07) is -1.01. The second kappa shape index (κ2) is 12.6. The largest absolute Gasteiger partial charge is 0.394 e. The summed E-state index contributed by atoms with van der Waals surface area (Å²) in [5.74, 6) is -0.959. The van der Waals surface area contributed by atoms with Gasteiger partial charge in [0.25, 0.3) is 0 Å². The molecular formula is C32H51N3O4S. The lowest BCUT2D eigenvalue weighted by Gasteiger charge is -2.43. The van der Waals surface area contributed by atoms with Crippen LogP contribution in [0.25, 0.3) is 0 Å². The minimum absolute atomic E-state index is 0.00404. The first kappa shape index (κ1) is 31.1. The summed E-state index contributed by atoms with van der Waals surface area (Å²) in [5, 5.41) is 10.6. The van der Waals surface area contributed by atoms with E-state index in [2.05, 4.69) is 40.9 Å². The van der Waals surface area contributed by atoms with E-state index in [0.717, 1.165) is 44.9 Å². The molecular weight excluding hydrogens is 522 g/mol. The van der Waals surface area contributed by atoms with E-state index in [0.29, 0.717) is 26.1 Å². The van der Waals surface area contributed by atoms with Crippen molar-refractivity contribution in [3.05, 3.63) is 25.3 Å². The van der Waals surface area contributed by atoms with Crippen molar-refractivity contribution in [2.75, 3.05) is 26.2 Å². The molecule has 8 heteroatoms. The first-order valence-corrected chi connectivity index (χ1v) is 16.4. The lowest BCUT2D eigenvalue weighted by atomic mass is 9.66. The van der Waals surface area contributed by atoms with Crippen LogP contribution in [0.3, 0.4) is 0 Å². The lowest BCUT2D eigenvalue weighted by Crippen LogP contribution is -2.59. The first-order valence-electron chi connectivity index (χ1n) is 15.5.